The van der Waals surface area contributed by atoms with Crippen LogP contribution >= 0.6 is 0 Å². The molecule has 1 aromatic rings. The maximum absolute atomic E-state index is 12.7. The quantitative estimate of drug-likeness (QED) is 0.750. The molecule has 0 atom stereocenters. The third-order valence-corrected chi connectivity index (χ3v) is 2.14. The lowest BCUT2D eigenvalue weighted by atomic mass is 10.00. The van der Waals surface area contributed by atoms with Crippen LogP contribution < -0.4 is 4.74 Å². The van der Waals surface area contributed by atoms with Crippen LogP contribution in [0.2, 0.25) is 0 Å². The maximum Gasteiger partial charge on any atom is 0.417 e. The van der Waals surface area contributed by atoms with Crippen molar-refractivity contribution < 1.29 is 22.7 Å². The number of alkyl halides is 3. The minimum absolute atomic E-state index is 0.0503. The van der Waals surface area contributed by atoms with Crippen molar-refractivity contribution in [3.05, 3.63) is 28.8 Å². The second kappa shape index (κ2) is 4.45. The Hall–Kier alpha value is -2.03. The highest BCUT2D eigenvalue weighted by molar-refractivity contribution is 5.96. The number of carbonyl (C=O) groups excluding carboxylic acids is 1. The van der Waals surface area contributed by atoms with Gasteiger partial charge >= 0.3 is 6.18 Å². The molecule has 0 heterocycles. The molecule has 1 aromatic carbocycles. The summed E-state index contributed by atoms with van der Waals surface area (Å²) in [7, 11) is 1.22. The van der Waals surface area contributed by atoms with E-state index in [1.807, 2.05) is 0 Å². The van der Waals surface area contributed by atoms with Crippen LogP contribution in [-0.2, 0) is 6.18 Å². The number of nitriles is 1. The molecule has 0 N–H and O–H groups in total. The van der Waals surface area contributed by atoms with Crippen LogP contribution in [0.5, 0.6) is 5.75 Å². The number of rotatable bonds is 2. The average Bonchev–Trinajstić information content (AvgIpc) is 2.25. The minimum Gasteiger partial charge on any atom is -0.495 e. The first-order valence-electron chi connectivity index (χ1n) is 4.51. The van der Waals surface area contributed by atoms with E-state index in [1.54, 1.807) is 6.07 Å². The number of halogens is 3. The fraction of sp³-hybridized carbons (Fsp3) is 0.273. The van der Waals surface area contributed by atoms with Crippen LogP contribution in [0, 0.1) is 11.3 Å². The molecule has 0 unspecified atom stereocenters. The van der Waals surface area contributed by atoms with Crippen LogP contribution in [0.25, 0.3) is 0 Å². The van der Waals surface area contributed by atoms with Gasteiger partial charge in [-0.2, -0.15) is 18.4 Å². The molecule has 0 bridgehead atoms. The summed E-state index contributed by atoms with van der Waals surface area (Å²) in [4.78, 5) is 11.1. The van der Waals surface area contributed by atoms with Gasteiger partial charge in [0, 0.05) is 5.56 Å². The predicted molar refractivity (Wildman–Crippen MR) is 52.7 cm³/mol. The Morgan fingerprint density at radius 2 is 2.00 bits per heavy atom. The van der Waals surface area contributed by atoms with Gasteiger partial charge in [-0.05, 0) is 19.1 Å². The van der Waals surface area contributed by atoms with Crippen molar-refractivity contribution in [2.45, 2.75) is 13.1 Å². The second-order valence-corrected chi connectivity index (χ2v) is 3.26. The molecule has 0 spiro atoms. The van der Waals surface area contributed by atoms with E-state index in [2.05, 4.69) is 0 Å². The van der Waals surface area contributed by atoms with Gasteiger partial charge in [0.05, 0.1) is 18.2 Å². The van der Waals surface area contributed by atoms with Crippen LogP contribution in [-0.4, -0.2) is 12.9 Å². The lowest BCUT2D eigenvalue weighted by molar-refractivity contribution is -0.137. The standard InChI is InChI=1S/C11H8F3NO2/c1-6(16)8-4-10(17-2)7(5-15)3-9(8)11(12,13)14/h3-4H,1-2H3. The second-order valence-electron chi connectivity index (χ2n) is 3.26. The van der Waals surface area contributed by atoms with E-state index in [4.69, 9.17) is 10.00 Å². The molecule has 3 nitrogen and oxygen atoms in total. The molecule has 1 rings (SSSR count). The summed E-state index contributed by atoms with van der Waals surface area (Å²) in [5.41, 5.74) is -1.89. The van der Waals surface area contributed by atoms with Gasteiger partial charge in [-0.1, -0.05) is 0 Å². The molecule has 0 aliphatic carbocycles. The fourth-order valence-corrected chi connectivity index (χ4v) is 1.36. The topological polar surface area (TPSA) is 50.1 Å². The fourth-order valence-electron chi connectivity index (χ4n) is 1.36. The normalized spacial score (nSPS) is 10.8. The van der Waals surface area contributed by atoms with Crippen molar-refractivity contribution in [1.29, 1.82) is 5.26 Å². The molecule has 0 aliphatic rings. The summed E-state index contributed by atoms with van der Waals surface area (Å²) in [5.74, 6) is -0.786. The zero-order valence-electron chi connectivity index (χ0n) is 9.05. The summed E-state index contributed by atoms with van der Waals surface area (Å²) < 4.78 is 42.7. The molecule has 6 heteroatoms. The molecule has 0 aromatic heterocycles. The highest BCUT2D eigenvalue weighted by Crippen LogP contribution is 2.35. The zero-order valence-corrected chi connectivity index (χ0v) is 9.05. The van der Waals surface area contributed by atoms with E-state index in [1.165, 1.54) is 7.11 Å². The van der Waals surface area contributed by atoms with Crippen molar-refractivity contribution in [1.82, 2.24) is 0 Å². The SMILES string of the molecule is COc1cc(C(C)=O)c(C(F)(F)F)cc1C#N. The molecule has 0 amide bonds. The molecular weight excluding hydrogens is 235 g/mol. The molecule has 0 fully saturated rings. The first kappa shape index (κ1) is 13.0. The maximum atomic E-state index is 12.7. The number of hydrogen-bond acceptors (Lipinski definition) is 3. The first-order chi connectivity index (χ1) is 7.81. The van der Waals surface area contributed by atoms with Crippen molar-refractivity contribution >= 4 is 5.78 Å². The Bertz CT molecular complexity index is 501. The number of ketones is 1. The van der Waals surface area contributed by atoms with Gasteiger partial charge in [0.25, 0.3) is 0 Å². The van der Waals surface area contributed by atoms with Crippen LogP contribution in [0.15, 0.2) is 12.1 Å². The number of benzene rings is 1. The monoisotopic (exact) mass is 243 g/mol. The van der Waals surface area contributed by atoms with Gasteiger partial charge in [-0.3, -0.25) is 4.79 Å². The summed E-state index contributed by atoms with van der Waals surface area (Å²) in [6, 6.07) is 3.14. The zero-order chi connectivity index (χ0) is 13.2. The summed E-state index contributed by atoms with van der Waals surface area (Å²) in [6.45, 7) is 1.02. The summed E-state index contributed by atoms with van der Waals surface area (Å²) >= 11 is 0. The highest BCUT2D eigenvalue weighted by Gasteiger charge is 2.35. The van der Waals surface area contributed by atoms with Gasteiger partial charge in [0.1, 0.15) is 11.8 Å². The van der Waals surface area contributed by atoms with Crippen LogP contribution in [0.1, 0.15) is 28.4 Å². The van der Waals surface area contributed by atoms with Gasteiger partial charge in [-0.25, -0.2) is 0 Å². The Labute approximate surface area is 95.4 Å². The summed E-state index contributed by atoms with van der Waals surface area (Å²) in [5, 5.41) is 8.69. The Morgan fingerprint density at radius 1 is 1.41 bits per heavy atom. The smallest absolute Gasteiger partial charge is 0.417 e. The van der Waals surface area contributed by atoms with E-state index in [0.29, 0.717) is 6.07 Å². The van der Waals surface area contributed by atoms with Gasteiger partial charge in [0.15, 0.2) is 5.78 Å². The van der Waals surface area contributed by atoms with E-state index >= 15 is 0 Å². The van der Waals surface area contributed by atoms with E-state index in [-0.39, 0.29) is 11.3 Å². The Balaban J connectivity index is 3.59. The van der Waals surface area contributed by atoms with Crippen molar-refractivity contribution in [2.75, 3.05) is 7.11 Å². The van der Waals surface area contributed by atoms with Crippen LogP contribution in [0.3, 0.4) is 0 Å². The largest absolute Gasteiger partial charge is 0.495 e. The lowest BCUT2D eigenvalue weighted by Crippen LogP contribution is -2.12. The van der Waals surface area contributed by atoms with Crippen molar-refractivity contribution in [2.24, 2.45) is 0 Å². The number of carbonyl (C=O) groups is 1. The molecule has 0 saturated carbocycles. The van der Waals surface area contributed by atoms with E-state index < -0.39 is 23.1 Å². The molecule has 90 valence electrons. The number of ether oxygens (including phenoxy) is 1. The highest BCUT2D eigenvalue weighted by atomic mass is 19.4. The van der Waals surface area contributed by atoms with Gasteiger partial charge in [-0.15, -0.1) is 0 Å². The predicted octanol–water partition coefficient (Wildman–Crippen LogP) is 2.79. The number of hydrogen-bond donors (Lipinski definition) is 0. The lowest BCUT2D eigenvalue weighted by Gasteiger charge is -2.13. The Kier molecular flexibility index (Phi) is 3.42. The first-order valence-corrected chi connectivity index (χ1v) is 4.51. The van der Waals surface area contributed by atoms with Crippen molar-refractivity contribution in [3.63, 3.8) is 0 Å². The molecular formula is C11H8F3NO2. The van der Waals surface area contributed by atoms with E-state index in [0.717, 1.165) is 13.0 Å². The van der Waals surface area contributed by atoms with Gasteiger partial charge in [0.2, 0.25) is 0 Å². The molecule has 0 aliphatic heterocycles. The number of Topliss-reactive ketones (excluding diaryl/α,β-unsaturated/α-hetero) is 1. The minimum atomic E-state index is -4.68. The number of nitrogens with zero attached hydrogens (tertiary/aromatic N) is 1. The van der Waals surface area contributed by atoms with Crippen molar-refractivity contribution in [3.8, 4) is 11.8 Å². The van der Waals surface area contributed by atoms with Gasteiger partial charge < -0.3 is 4.74 Å². The molecule has 0 saturated heterocycles. The third-order valence-electron chi connectivity index (χ3n) is 2.14. The average molecular weight is 243 g/mol. The molecule has 0 radical (unpaired) electrons. The van der Waals surface area contributed by atoms with Crippen LogP contribution in [0.4, 0.5) is 13.2 Å². The number of methoxy groups -OCH3 is 1. The Morgan fingerprint density at radius 3 is 2.35 bits per heavy atom. The summed E-state index contributed by atoms with van der Waals surface area (Å²) in [6.07, 6.45) is -4.68. The van der Waals surface area contributed by atoms with E-state index in [9.17, 15) is 18.0 Å². The third kappa shape index (κ3) is 2.56. The molecule has 17 heavy (non-hydrogen) atoms.